The zero-order valence-corrected chi connectivity index (χ0v) is 14.4. The third-order valence-corrected chi connectivity index (χ3v) is 3.30. The van der Waals surface area contributed by atoms with Gasteiger partial charge in [0.1, 0.15) is 0 Å². The van der Waals surface area contributed by atoms with Gasteiger partial charge in [0, 0.05) is 24.1 Å². The lowest BCUT2D eigenvalue weighted by Gasteiger charge is -2.17. The monoisotopic (exact) mass is 340 g/mol. The second-order valence-electron chi connectivity index (χ2n) is 5.99. The zero-order chi connectivity index (χ0) is 17.6. The number of anilines is 1. The number of rotatable bonds is 5. The molecule has 0 heterocycles. The van der Waals surface area contributed by atoms with Crippen molar-refractivity contribution >= 4 is 35.1 Å². The number of carbonyl (C=O) groups is 3. The van der Waals surface area contributed by atoms with Crippen LogP contribution in [0.4, 0.5) is 5.69 Å². The number of hydrogen-bond acceptors (Lipinski definition) is 4. The number of halogens is 1. The molecule has 0 unspecified atom stereocenters. The Hall–Kier alpha value is -2.08. The molecule has 1 rings (SSSR count). The quantitative estimate of drug-likeness (QED) is 0.807. The Morgan fingerprint density at radius 1 is 1.22 bits per heavy atom. The standard InChI is InChI=1S/C16H21ClN2O4/c1-16(2,3)15(22)18-8-7-13(20)19-10-5-6-12(17)11(9-10)14(21)23-4/h5-6,9H,7-8H2,1-4H3,(H,18,22)(H,19,20). The first-order chi connectivity index (χ1) is 10.6. The summed E-state index contributed by atoms with van der Waals surface area (Å²) in [4.78, 5) is 35.1. The highest BCUT2D eigenvalue weighted by Crippen LogP contribution is 2.21. The Labute approximate surface area is 140 Å². The summed E-state index contributed by atoms with van der Waals surface area (Å²) in [5.41, 5.74) is 0.108. The second-order valence-corrected chi connectivity index (χ2v) is 6.40. The molecule has 0 aliphatic carbocycles. The summed E-state index contributed by atoms with van der Waals surface area (Å²) >= 11 is 5.91. The molecule has 0 aliphatic rings. The smallest absolute Gasteiger partial charge is 0.339 e. The molecule has 0 aromatic heterocycles. The highest BCUT2D eigenvalue weighted by Gasteiger charge is 2.20. The lowest BCUT2D eigenvalue weighted by molar-refractivity contribution is -0.128. The maximum absolute atomic E-state index is 11.9. The average molecular weight is 341 g/mol. The van der Waals surface area contributed by atoms with Crippen LogP contribution in [0.25, 0.3) is 0 Å². The normalized spacial score (nSPS) is 10.8. The van der Waals surface area contributed by atoms with Gasteiger partial charge in [-0.25, -0.2) is 4.79 Å². The fourth-order valence-electron chi connectivity index (χ4n) is 1.65. The van der Waals surface area contributed by atoms with Gasteiger partial charge in [-0.3, -0.25) is 9.59 Å². The van der Waals surface area contributed by atoms with Gasteiger partial charge in [-0.2, -0.15) is 0 Å². The molecule has 126 valence electrons. The molecule has 0 bridgehead atoms. The number of benzene rings is 1. The highest BCUT2D eigenvalue weighted by molar-refractivity contribution is 6.33. The van der Waals surface area contributed by atoms with Gasteiger partial charge in [0.15, 0.2) is 0 Å². The van der Waals surface area contributed by atoms with Gasteiger partial charge in [0.2, 0.25) is 11.8 Å². The zero-order valence-electron chi connectivity index (χ0n) is 13.7. The summed E-state index contributed by atoms with van der Waals surface area (Å²) in [7, 11) is 1.25. The number of ether oxygens (including phenoxy) is 1. The Bertz CT molecular complexity index is 609. The van der Waals surface area contributed by atoms with Crippen molar-refractivity contribution in [2.75, 3.05) is 19.0 Å². The summed E-state index contributed by atoms with van der Waals surface area (Å²) < 4.78 is 4.62. The number of methoxy groups -OCH3 is 1. The van der Waals surface area contributed by atoms with E-state index in [9.17, 15) is 14.4 Å². The number of hydrogen-bond donors (Lipinski definition) is 2. The third kappa shape index (κ3) is 5.90. The van der Waals surface area contributed by atoms with E-state index in [-0.39, 0.29) is 35.4 Å². The van der Waals surface area contributed by atoms with E-state index in [4.69, 9.17) is 11.6 Å². The molecular weight excluding hydrogens is 320 g/mol. The number of nitrogens with one attached hydrogen (secondary N) is 2. The molecule has 1 aromatic carbocycles. The molecule has 0 atom stereocenters. The van der Waals surface area contributed by atoms with Crippen molar-refractivity contribution in [2.45, 2.75) is 27.2 Å². The fraction of sp³-hybridized carbons (Fsp3) is 0.438. The van der Waals surface area contributed by atoms with Gasteiger partial charge in [0.25, 0.3) is 0 Å². The van der Waals surface area contributed by atoms with Crippen molar-refractivity contribution < 1.29 is 19.1 Å². The molecule has 0 saturated heterocycles. The molecule has 1 aromatic rings. The van der Waals surface area contributed by atoms with Crippen LogP contribution in [0.3, 0.4) is 0 Å². The predicted molar refractivity (Wildman–Crippen MR) is 88.5 cm³/mol. The predicted octanol–water partition coefficient (Wildman–Crippen LogP) is 2.62. The number of esters is 1. The Morgan fingerprint density at radius 3 is 2.43 bits per heavy atom. The van der Waals surface area contributed by atoms with Crippen LogP contribution >= 0.6 is 11.6 Å². The summed E-state index contributed by atoms with van der Waals surface area (Å²) in [5.74, 6) is -0.981. The minimum absolute atomic E-state index is 0.121. The molecule has 6 nitrogen and oxygen atoms in total. The van der Waals surface area contributed by atoms with Crippen LogP contribution in [0.5, 0.6) is 0 Å². The molecule has 2 amide bonds. The molecule has 7 heteroatoms. The SMILES string of the molecule is COC(=O)c1cc(NC(=O)CCNC(=O)C(C)(C)C)ccc1Cl. The fourth-order valence-corrected chi connectivity index (χ4v) is 1.84. The first kappa shape index (κ1) is 19.0. The molecule has 0 fully saturated rings. The number of carbonyl (C=O) groups excluding carboxylic acids is 3. The van der Waals surface area contributed by atoms with Crippen LogP contribution in [-0.4, -0.2) is 31.4 Å². The first-order valence-electron chi connectivity index (χ1n) is 7.11. The van der Waals surface area contributed by atoms with Gasteiger partial charge >= 0.3 is 5.97 Å². The maximum Gasteiger partial charge on any atom is 0.339 e. The van der Waals surface area contributed by atoms with Crippen LogP contribution < -0.4 is 10.6 Å². The van der Waals surface area contributed by atoms with Crippen LogP contribution in [0, 0.1) is 5.41 Å². The van der Waals surface area contributed by atoms with Gasteiger partial charge in [0.05, 0.1) is 17.7 Å². The van der Waals surface area contributed by atoms with E-state index >= 15 is 0 Å². The lowest BCUT2D eigenvalue weighted by atomic mass is 9.96. The average Bonchev–Trinajstić information content (AvgIpc) is 2.47. The van der Waals surface area contributed by atoms with E-state index < -0.39 is 11.4 Å². The Morgan fingerprint density at radius 2 is 1.87 bits per heavy atom. The molecular formula is C16H21ClN2O4. The van der Waals surface area contributed by atoms with Crippen LogP contribution in [-0.2, 0) is 14.3 Å². The Kier molecular flexibility index (Phi) is 6.57. The lowest BCUT2D eigenvalue weighted by Crippen LogP contribution is -2.36. The van der Waals surface area contributed by atoms with E-state index in [1.54, 1.807) is 26.8 Å². The highest BCUT2D eigenvalue weighted by atomic mass is 35.5. The minimum Gasteiger partial charge on any atom is -0.465 e. The summed E-state index contributed by atoms with van der Waals surface area (Å²) in [5, 5.41) is 5.58. The molecule has 23 heavy (non-hydrogen) atoms. The van der Waals surface area contributed by atoms with E-state index in [2.05, 4.69) is 15.4 Å². The van der Waals surface area contributed by atoms with Crippen molar-refractivity contribution in [3.63, 3.8) is 0 Å². The van der Waals surface area contributed by atoms with E-state index in [1.807, 2.05) is 0 Å². The van der Waals surface area contributed by atoms with Crippen molar-refractivity contribution in [3.05, 3.63) is 28.8 Å². The Balaban J connectivity index is 2.58. The summed E-state index contributed by atoms with van der Waals surface area (Å²) in [6.07, 6.45) is 0.123. The summed E-state index contributed by atoms with van der Waals surface area (Å²) in [6, 6.07) is 4.53. The second kappa shape index (κ2) is 7.97. The van der Waals surface area contributed by atoms with Crippen molar-refractivity contribution in [3.8, 4) is 0 Å². The first-order valence-corrected chi connectivity index (χ1v) is 7.49. The minimum atomic E-state index is -0.580. The van der Waals surface area contributed by atoms with E-state index in [0.717, 1.165) is 0 Å². The molecule has 0 saturated carbocycles. The topological polar surface area (TPSA) is 84.5 Å². The van der Waals surface area contributed by atoms with Crippen molar-refractivity contribution in [1.29, 1.82) is 0 Å². The van der Waals surface area contributed by atoms with Crippen molar-refractivity contribution in [1.82, 2.24) is 5.32 Å². The molecule has 0 radical (unpaired) electrons. The van der Waals surface area contributed by atoms with E-state index in [1.165, 1.54) is 19.2 Å². The third-order valence-electron chi connectivity index (χ3n) is 2.97. The van der Waals surface area contributed by atoms with Crippen molar-refractivity contribution in [2.24, 2.45) is 5.41 Å². The van der Waals surface area contributed by atoms with Crippen LogP contribution in [0.15, 0.2) is 18.2 Å². The molecule has 0 spiro atoms. The van der Waals surface area contributed by atoms with Crippen LogP contribution in [0.1, 0.15) is 37.6 Å². The van der Waals surface area contributed by atoms with Gasteiger partial charge in [-0.05, 0) is 18.2 Å². The van der Waals surface area contributed by atoms with Gasteiger partial charge < -0.3 is 15.4 Å². The number of amides is 2. The maximum atomic E-state index is 11.9. The molecule has 2 N–H and O–H groups in total. The summed E-state index contributed by atoms with van der Waals surface area (Å²) in [6.45, 7) is 5.62. The van der Waals surface area contributed by atoms with E-state index in [0.29, 0.717) is 5.69 Å². The largest absolute Gasteiger partial charge is 0.465 e. The molecule has 0 aliphatic heterocycles. The van der Waals surface area contributed by atoms with Gasteiger partial charge in [-0.1, -0.05) is 32.4 Å². The van der Waals surface area contributed by atoms with Gasteiger partial charge in [-0.15, -0.1) is 0 Å². The van der Waals surface area contributed by atoms with Crippen LogP contribution in [0.2, 0.25) is 5.02 Å².